The molecule has 0 aromatic rings. The van der Waals surface area contributed by atoms with Crippen LogP contribution in [0.2, 0.25) is 0 Å². The van der Waals surface area contributed by atoms with Gasteiger partial charge in [-0.3, -0.25) is 0 Å². The fourth-order valence-corrected chi connectivity index (χ4v) is 2.35. The highest BCUT2D eigenvalue weighted by molar-refractivity contribution is 4.59. The summed E-state index contributed by atoms with van der Waals surface area (Å²) >= 11 is 0. The quantitative estimate of drug-likeness (QED) is 0.681. The monoisotopic (exact) mass is 286 g/mol. The zero-order valence-electron chi connectivity index (χ0n) is 13.8. The van der Waals surface area contributed by atoms with Crippen LogP contribution in [0.4, 0.5) is 0 Å². The van der Waals surface area contributed by atoms with Gasteiger partial charge >= 0.3 is 0 Å². The maximum atomic E-state index is 5.14. The topological polar surface area (TPSA) is 24.9 Å². The second-order valence-electron chi connectivity index (χ2n) is 6.22. The second kappa shape index (κ2) is 11.5. The molecular weight excluding hydrogens is 252 g/mol. The highest BCUT2D eigenvalue weighted by Crippen LogP contribution is 2.11. The molecule has 3 aliphatic rings. The first-order chi connectivity index (χ1) is 9.68. The molecule has 120 valence electrons. The van der Waals surface area contributed by atoms with Crippen molar-refractivity contribution in [1.82, 2.24) is 9.80 Å². The molecule has 4 nitrogen and oxygen atoms in total. The first-order valence-electron chi connectivity index (χ1n) is 8.21. The Kier molecular flexibility index (Phi) is 10.3. The highest BCUT2D eigenvalue weighted by atomic mass is 16.5. The van der Waals surface area contributed by atoms with Gasteiger partial charge in [-0.15, -0.1) is 0 Å². The van der Waals surface area contributed by atoms with Crippen molar-refractivity contribution in [2.24, 2.45) is 5.92 Å². The van der Waals surface area contributed by atoms with Crippen molar-refractivity contribution in [3.05, 3.63) is 0 Å². The lowest BCUT2D eigenvalue weighted by molar-refractivity contribution is 0.0503. The van der Waals surface area contributed by atoms with E-state index in [1.54, 1.807) is 0 Å². The van der Waals surface area contributed by atoms with Crippen molar-refractivity contribution in [2.75, 3.05) is 66.7 Å². The fourth-order valence-electron chi connectivity index (χ4n) is 2.35. The van der Waals surface area contributed by atoms with Crippen molar-refractivity contribution < 1.29 is 9.47 Å². The third-order valence-corrected chi connectivity index (χ3v) is 4.07. The van der Waals surface area contributed by atoms with Gasteiger partial charge in [0.05, 0.1) is 13.2 Å². The Bertz CT molecular complexity index is 193. The molecule has 3 rings (SSSR count). The number of likely N-dealkylation sites (tertiary alicyclic amines) is 1. The molecule has 0 saturated carbocycles. The average Bonchev–Trinajstić information content (AvgIpc) is 2.93. The van der Waals surface area contributed by atoms with E-state index in [0.717, 1.165) is 45.4 Å². The van der Waals surface area contributed by atoms with Crippen molar-refractivity contribution >= 4 is 0 Å². The van der Waals surface area contributed by atoms with Crippen molar-refractivity contribution in [1.29, 1.82) is 0 Å². The molecule has 0 aromatic carbocycles. The van der Waals surface area contributed by atoms with E-state index in [4.69, 9.17) is 9.47 Å². The molecule has 0 N–H and O–H groups in total. The summed E-state index contributed by atoms with van der Waals surface area (Å²) in [5, 5.41) is 0. The van der Waals surface area contributed by atoms with E-state index >= 15 is 0 Å². The largest absolute Gasteiger partial charge is 0.381 e. The number of ether oxygens (including phenoxy) is 2. The van der Waals surface area contributed by atoms with E-state index in [1.807, 2.05) is 0 Å². The van der Waals surface area contributed by atoms with Crippen molar-refractivity contribution in [3.63, 3.8) is 0 Å². The lowest BCUT2D eigenvalue weighted by atomic mass is 10.0. The first kappa shape index (κ1) is 17.9. The molecule has 0 amide bonds. The smallest absolute Gasteiger partial charge is 0.0594 e. The first-order valence-corrected chi connectivity index (χ1v) is 8.21. The Hall–Kier alpha value is -0.160. The summed E-state index contributed by atoms with van der Waals surface area (Å²) in [7, 11) is 4.29. The van der Waals surface area contributed by atoms with Crippen LogP contribution in [0, 0.1) is 5.92 Å². The minimum Gasteiger partial charge on any atom is -0.381 e. The number of morpholine rings is 1. The standard InChI is InChI=1S/C6H12O.C5H11NO.C5H11N/c2*1-6-2-4-7-5-3-6;1-6-4-2-3-5-6/h6H,2-5H2,1H3;2-5H2,1H3;2-5H2,1H3. The number of hydrogen-bond acceptors (Lipinski definition) is 4. The van der Waals surface area contributed by atoms with Gasteiger partial charge in [-0.2, -0.15) is 0 Å². The van der Waals surface area contributed by atoms with E-state index < -0.39 is 0 Å². The van der Waals surface area contributed by atoms with E-state index in [9.17, 15) is 0 Å². The molecule has 0 bridgehead atoms. The molecule has 3 fully saturated rings. The van der Waals surface area contributed by atoms with Gasteiger partial charge in [-0.25, -0.2) is 0 Å². The Balaban J connectivity index is 0.000000151. The molecular formula is C16H34N2O2. The number of nitrogens with zero attached hydrogens (tertiary/aromatic N) is 2. The lowest BCUT2D eigenvalue weighted by Crippen LogP contribution is -2.32. The molecule has 4 heteroatoms. The van der Waals surface area contributed by atoms with Gasteiger partial charge < -0.3 is 19.3 Å². The molecule has 0 radical (unpaired) electrons. The predicted molar refractivity (Wildman–Crippen MR) is 84.3 cm³/mol. The number of likely N-dealkylation sites (N-methyl/N-ethyl adjacent to an activating group) is 1. The van der Waals surface area contributed by atoms with Gasteiger partial charge in [0, 0.05) is 26.3 Å². The van der Waals surface area contributed by atoms with Crippen LogP contribution >= 0.6 is 0 Å². The SMILES string of the molecule is CC1CCOCC1.CN1CCCC1.CN1CCOCC1. The van der Waals surface area contributed by atoms with Crippen LogP contribution in [0.1, 0.15) is 32.6 Å². The van der Waals surface area contributed by atoms with Crippen LogP contribution < -0.4 is 0 Å². The second-order valence-corrected chi connectivity index (χ2v) is 6.22. The minimum absolute atomic E-state index is 0.911. The summed E-state index contributed by atoms with van der Waals surface area (Å²) in [6, 6.07) is 0. The zero-order valence-corrected chi connectivity index (χ0v) is 13.8. The molecule has 3 heterocycles. The van der Waals surface area contributed by atoms with E-state index in [1.165, 1.54) is 38.8 Å². The van der Waals surface area contributed by atoms with Crippen LogP contribution in [0.25, 0.3) is 0 Å². The van der Waals surface area contributed by atoms with Crippen LogP contribution in [-0.4, -0.2) is 76.5 Å². The minimum atomic E-state index is 0.911. The van der Waals surface area contributed by atoms with E-state index in [0.29, 0.717) is 0 Å². The molecule has 3 aliphatic heterocycles. The Morgan fingerprint density at radius 1 is 0.700 bits per heavy atom. The Labute approximate surface area is 125 Å². The summed E-state index contributed by atoms with van der Waals surface area (Å²) in [5.74, 6) is 0.911. The van der Waals surface area contributed by atoms with Gasteiger partial charge in [0.15, 0.2) is 0 Å². The molecule has 0 atom stereocenters. The predicted octanol–water partition coefficient (Wildman–Crippen LogP) is 2.09. The Morgan fingerprint density at radius 2 is 1.15 bits per heavy atom. The van der Waals surface area contributed by atoms with Crippen LogP contribution in [0.15, 0.2) is 0 Å². The number of hydrogen-bond donors (Lipinski definition) is 0. The number of rotatable bonds is 0. The fraction of sp³-hybridized carbons (Fsp3) is 1.00. The van der Waals surface area contributed by atoms with Gasteiger partial charge in [-0.05, 0) is 58.8 Å². The molecule has 0 unspecified atom stereocenters. The summed E-state index contributed by atoms with van der Waals surface area (Å²) < 4.78 is 10.2. The lowest BCUT2D eigenvalue weighted by Gasteiger charge is -2.21. The van der Waals surface area contributed by atoms with Gasteiger partial charge in [0.2, 0.25) is 0 Å². The zero-order chi connectivity index (χ0) is 14.6. The van der Waals surface area contributed by atoms with Crippen molar-refractivity contribution in [2.45, 2.75) is 32.6 Å². The summed E-state index contributed by atoms with van der Waals surface area (Å²) in [6.07, 6.45) is 5.35. The molecule has 3 saturated heterocycles. The highest BCUT2D eigenvalue weighted by Gasteiger charge is 2.06. The molecule has 0 aliphatic carbocycles. The maximum absolute atomic E-state index is 5.14. The van der Waals surface area contributed by atoms with Crippen LogP contribution in [-0.2, 0) is 9.47 Å². The van der Waals surface area contributed by atoms with Crippen LogP contribution in [0.3, 0.4) is 0 Å². The van der Waals surface area contributed by atoms with E-state index in [-0.39, 0.29) is 0 Å². The molecule has 20 heavy (non-hydrogen) atoms. The van der Waals surface area contributed by atoms with E-state index in [2.05, 4.69) is 30.8 Å². The maximum Gasteiger partial charge on any atom is 0.0594 e. The summed E-state index contributed by atoms with van der Waals surface area (Å²) in [5.41, 5.74) is 0. The molecule has 0 aromatic heterocycles. The third kappa shape index (κ3) is 9.70. The third-order valence-electron chi connectivity index (χ3n) is 4.07. The average molecular weight is 286 g/mol. The van der Waals surface area contributed by atoms with Crippen molar-refractivity contribution in [3.8, 4) is 0 Å². The van der Waals surface area contributed by atoms with Gasteiger partial charge in [-0.1, -0.05) is 6.92 Å². The summed E-state index contributed by atoms with van der Waals surface area (Å²) in [4.78, 5) is 4.63. The van der Waals surface area contributed by atoms with Crippen LogP contribution in [0.5, 0.6) is 0 Å². The van der Waals surface area contributed by atoms with Gasteiger partial charge in [0.1, 0.15) is 0 Å². The molecule has 0 spiro atoms. The van der Waals surface area contributed by atoms with Gasteiger partial charge in [0.25, 0.3) is 0 Å². The Morgan fingerprint density at radius 3 is 1.40 bits per heavy atom. The normalized spacial score (nSPS) is 25.4. The summed E-state index contributed by atoms with van der Waals surface area (Å²) in [6.45, 7) is 10.9.